The van der Waals surface area contributed by atoms with Crippen LogP contribution in [0.3, 0.4) is 0 Å². The summed E-state index contributed by atoms with van der Waals surface area (Å²) in [5.41, 5.74) is 3.70. The van der Waals surface area contributed by atoms with Crippen LogP contribution in [0.15, 0.2) is 160 Å². The third-order valence-electron chi connectivity index (χ3n) is 10.3. The number of aromatic nitrogens is 2. The molecule has 5 aromatic carbocycles. The van der Waals surface area contributed by atoms with Crippen molar-refractivity contribution in [1.82, 2.24) is 9.55 Å². The molecular formula is C46H46N6O3. The van der Waals surface area contributed by atoms with Gasteiger partial charge in [0.05, 0.1) is 12.0 Å². The van der Waals surface area contributed by atoms with E-state index in [2.05, 4.69) is 90.2 Å². The molecule has 1 aliphatic heterocycles. The molecule has 7 rings (SSSR count). The summed E-state index contributed by atoms with van der Waals surface area (Å²) in [6.07, 6.45) is 2.53. The Bertz CT molecular complexity index is 2190. The smallest absolute Gasteiger partial charge is 0.357 e. The molecule has 9 nitrogen and oxygen atoms in total. The van der Waals surface area contributed by atoms with E-state index in [1.165, 1.54) is 0 Å². The predicted octanol–water partition coefficient (Wildman–Crippen LogP) is 10.4. The minimum atomic E-state index is -1.33. The van der Waals surface area contributed by atoms with Gasteiger partial charge in [0.1, 0.15) is 17.1 Å². The largest absolute Gasteiger partial charge is 0.461 e. The second-order valence-electron chi connectivity index (χ2n) is 14.3. The quantitative estimate of drug-likeness (QED) is 0.0887. The number of benzene rings is 5. The average molecular weight is 731 g/mol. The van der Waals surface area contributed by atoms with Gasteiger partial charge in [-0.1, -0.05) is 153 Å². The van der Waals surface area contributed by atoms with E-state index in [9.17, 15) is 9.90 Å². The fraction of sp³-hybridized carbons (Fsp3) is 0.261. The van der Waals surface area contributed by atoms with Gasteiger partial charge in [-0.3, -0.25) is 0 Å². The van der Waals surface area contributed by atoms with Gasteiger partial charge in [-0.2, -0.15) is 0 Å². The lowest BCUT2D eigenvalue weighted by Gasteiger charge is -2.45. The average Bonchev–Trinajstić information content (AvgIpc) is 3.86. The lowest BCUT2D eigenvalue weighted by atomic mass is 9.59. The number of carbonyl (C=O) groups is 1. The summed E-state index contributed by atoms with van der Waals surface area (Å²) in [7, 11) is 0. The van der Waals surface area contributed by atoms with Gasteiger partial charge in [-0.05, 0) is 71.0 Å². The van der Waals surface area contributed by atoms with Crippen LogP contribution in [0, 0.1) is 0 Å². The van der Waals surface area contributed by atoms with Crippen LogP contribution in [-0.4, -0.2) is 27.2 Å². The van der Waals surface area contributed by atoms with Gasteiger partial charge in [0, 0.05) is 18.5 Å². The predicted molar refractivity (Wildman–Crippen MR) is 214 cm³/mol. The van der Waals surface area contributed by atoms with Gasteiger partial charge in [-0.25, -0.2) is 9.78 Å². The van der Waals surface area contributed by atoms with Crippen molar-refractivity contribution in [2.75, 3.05) is 6.61 Å². The molecule has 0 saturated carbocycles. The molecule has 0 radical (unpaired) electrons. The van der Waals surface area contributed by atoms with Gasteiger partial charge < -0.3 is 14.4 Å². The molecule has 0 unspecified atom stereocenters. The molecule has 278 valence electrons. The highest BCUT2D eigenvalue weighted by Crippen LogP contribution is 2.58. The van der Waals surface area contributed by atoms with Crippen molar-refractivity contribution in [2.45, 2.75) is 70.2 Å². The van der Waals surface area contributed by atoms with Crippen molar-refractivity contribution in [3.05, 3.63) is 185 Å². The topological polar surface area (TPSA) is 114 Å². The second kappa shape index (κ2) is 15.7. The molecule has 9 heteroatoms. The number of aryl methyl sites for hydroxylation is 1. The Hall–Kier alpha value is -6.06. The third-order valence-corrected chi connectivity index (χ3v) is 10.3. The van der Waals surface area contributed by atoms with Crippen LogP contribution in [0.25, 0.3) is 11.1 Å². The summed E-state index contributed by atoms with van der Waals surface area (Å²) in [6, 6.07) is 47.6. The summed E-state index contributed by atoms with van der Waals surface area (Å²) in [4.78, 5) is 18.2. The first kappa shape index (κ1) is 37.3. The molecule has 55 heavy (non-hydrogen) atoms. The lowest BCUT2D eigenvalue weighted by molar-refractivity contribution is 0.0469. The Balaban J connectivity index is 1.38. The van der Waals surface area contributed by atoms with Crippen molar-refractivity contribution in [2.24, 2.45) is 20.7 Å². The summed E-state index contributed by atoms with van der Waals surface area (Å²) in [6.45, 7) is 7.79. The van der Waals surface area contributed by atoms with Crippen LogP contribution >= 0.6 is 0 Å². The highest BCUT2D eigenvalue weighted by atomic mass is 16.5. The maximum atomic E-state index is 13.4. The molecule has 1 aliphatic rings. The molecule has 6 aromatic rings. The molecule has 1 N–H and O–H groups in total. The minimum Gasteiger partial charge on any atom is -0.461 e. The third kappa shape index (κ3) is 6.80. The number of imidazole rings is 1. The first-order valence-electron chi connectivity index (χ1n) is 18.9. The van der Waals surface area contributed by atoms with Crippen LogP contribution in [0.5, 0.6) is 0 Å². The highest BCUT2D eigenvalue weighted by Gasteiger charge is 2.60. The number of hydrogen-bond acceptors (Lipinski definition) is 8. The summed E-state index contributed by atoms with van der Waals surface area (Å²) >= 11 is 0. The second-order valence-corrected chi connectivity index (χ2v) is 14.3. The first-order valence-corrected chi connectivity index (χ1v) is 18.9. The van der Waals surface area contributed by atoms with E-state index in [4.69, 9.17) is 19.9 Å². The molecule has 0 amide bonds. The van der Waals surface area contributed by atoms with Crippen LogP contribution in [0.1, 0.15) is 90.4 Å². The first-order chi connectivity index (χ1) is 26.7. The number of unbranched alkanes of at least 4 members (excludes halogenated alkanes) is 1. The molecule has 0 spiro atoms. The zero-order valence-electron chi connectivity index (χ0n) is 31.8. The number of nitrogens with zero attached hydrogens (tertiary/aromatic N) is 6. The lowest BCUT2D eigenvalue weighted by Crippen LogP contribution is -2.48. The minimum absolute atomic E-state index is 0.217. The zero-order chi connectivity index (χ0) is 38.5. The Morgan fingerprint density at radius 3 is 1.76 bits per heavy atom. The van der Waals surface area contributed by atoms with Crippen LogP contribution in [0.4, 0.5) is 0 Å². The van der Waals surface area contributed by atoms with Crippen LogP contribution in [-0.2, 0) is 34.4 Å². The number of ether oxygens (including phenoxy) is 1. The van der Waals surface area contributed by atoms with Crippen LogP contribution < -0.4 is 0 Å². The molecule has 2 heterocycles. The van der Waals surface area contributed by atoms with E-state index in [1.807, 2.05) is 71.3 Å². The maximum absolute atomic E-state index is 13.4. The van der Waals surface area contributed by atoms with E-state index in [-0.39, 0.29) is 12.3 Å². The van der Waals surface area contributed by atoms with E-state index in [1.54, 1.807) is 20.8 Å². The fourth-order valence-electron chi connectivity index (χ4n) is 7.86. The maximum Gasteiger partial charge on any atom is 0.357 e. The SMILES string of the molecule is CCCCc1nc(C(C)(C)O)c(C(=O)OCC)n1Cc1ccc(-c2ccccc2C2(C(c3ccccc3)(c3ccccc3)c3ccccc3)N=NN=N2)cc1. The summed E-state index contributed by atoms with van der Waals surface area (Å²) in [5.74, 6) is 0.249. The van der Waals surface area contributed by atoms with Crippen LogP contribution in [0.2, 0.25) is 0 Å². The standard InChI is InChI=1S/C46H46N6O3/c1-5-7-27-40-47-42(44(3,4)54)41(43(53)55-6-2)52(40)32-33-28-30-34(31-29-33)38-25-17-18-26-39(38)46(48-50-51-49-46)45(35-19-11-8-12-20-35,36-21-13-9-14-22-36)37-23-15-10-16-24-37/h8-26,28-31,54H,5-7,27,32H2,1-4H3. The number of carbonyl (C=O) groups excluding carboxylic acids is 1. The van der Waals surface area contributed by atoms with Gasteiger partial charge in [-0.15, -0.1) is 10.2 Å². The van der Waals surface area contributed by atoms with Gasteiger partial charge >= 0.3 is 5.97 Å². The van der Waals surface area contributed by atoms with Crippen molar-refractivity contribution < 1.29 is 14.6 Å². The monoisotopic (exact) mass is 730 g/mol. The summed E-state index contributed by atoms with van der Waals surface area (Å²) < 4.78 is 7.40. The van der Waals surface area contributed by atoms with E-state index in [0.29, 0.717) is 18.7 Å². The number of hydrogen-bond donors (Lipinski definition) is 1. The Morgan fingerprint density at radius 1 is 0.727 bits per heavy atom. The number of esters is 1. The van der Waals surface area contributed by atoms with E-state index in [0.717, 1.165) is 57.6 Å². The van der Waals surface area contributed by atoms with Crippen molar-refractivity contribution in [3.63, 3.8) is 0 Å². The Kier molecular flexibility index (Phi) is 10.7. The molecule has 0 atom stereocenters. The van der Waals surface area contributed by atoms with E-state index < -0.39 is 22.6 Å². The van der Waals surface area contributed by atoms with Crippen molar-refractivity contribution in [3.8, 4) is 11.1 Å². The molecule has 1 aromatic heterocycles. The zero-order valence-corrected chi connectivity index (χ0v) is 31.8. The van der Waals surface area contributed by atoms with Crippen molar-refractivity contribution >= 4 is 5.97 Å². The van der Waals surface area contributed by atoms with Crippen molar-refractivity contribution in [1.29, 1.82) is 0 Å². The van der Waals surface area contributed by atoms with Gasteiger partial charge in [0.2, 0.25) is 5.66 Å². The molecule has 0 fully saturated rings. The Morgan fingerprint density at radius 2 is 1.25 bits per heavy atom. The molecule has 0 saturated heterocycles. The normalized spacial score (nSPS) is 13.6. The highest BCUT2D eigenvalue weighted by molar-refractivity contribution is 5.89. The molecule has 0 bridgehead atoms. The Labute approximate surface area is 322 Å². The molecule has 0 aliphatic carbocycles. The fourth-order valence-corrected chi connectivity index (χ4v) is 7.86. The van der Waals surface area contributed by atoms with Gasteiger partial charge in [0.25, 0.3) is 0 Å². The number of aliphatic hydroxyl groups is 1. The summed E-state index contributed by atoms with van der Waals surface area (Å²) in [5, 5.41) is 29.6. The molecular weight excluding hydrogens is 685 g/mol. The number of rotatable bonds is 14. The van der Waals surface area contributed by atoms with Gasteiger partial charge in [0.15, 0.2) is 5.69 Å². The van der Waals surface area contributed by atoms with E-state index >= 15 is 0 Å².